The number of carbonyl (C=O) groups excluding carboxylic acids is 2. The van der Waals surface area contributed by atoms with Gasteiger partial charge in [0.25, 0.3) is 5.56 Å². The summed E-state index contributed by atoms with van der Waals surface area (Å²) < 4.78 is 43.4. The zero-order valence-electron chi connectivity index (χ0n) is 16.7. The van der Waals surface area contributed by atoms with E-state index in [2.05, 4.69) is 10.3 Å². The molecule has 0 saturated carbocycles. The number of halogens is 3. The fraction of sp³-hybridized carbons (Fsp3) is 0.300. The van der Waals surface area contributed by atoms with Gasteiger partial charge in [0.05, 0.1) is 29.1 Å². The number of hydrogen-bond acceptors (Lipinski definition) is 6. The highest BCUT2D eigenvalue weighted by atomic mass is 32.2. The van der Waals surface area contributed by atoms with Gasteiger partial charge in [0, 0.05) is 6.54 Å². The van der Waals surface area contributed by atoms with E-state index < -0.39 is 36.2 Å². The fourth-order valence-electron chi connectivity index (χ4n) is 3.50. The minimum Gasteiger partial charge on any atom is -0.324 e. The molecule has 3 aromatic rings. The Bertz CT molecular complexity index is 1250. The maximum Gasteiger partial charge on any atom is 0.409 e. The van der Waals surface area contributed by atoms with Gasteiger partial charge in [-0.25, -0.2) is 4.98 Å². The highest BCUT2D eigenvalue weighted by molar-refractivity contribution is 7.99. The lowest BCUT2D eigenvalue weighted by atomic mass is 10.1. The monoisotopic (exact) mass is 482 g/mol. The van der Waals surface area contributed by atoms with E-state index in [4.69, 9.17) is 0 Å². The zero-order chi connectivity index (χ0) is 23.0. The van der Waals surface area contributed by atoms with Gasteiger partial charge >= 0.3 is 6.18 Å². The highest BCUT2D eigenvalue weighted by Crippen LogP contribution is 2.38. The molecule has 1 N–H and O–H groups in total. The summed E-state index contributed by atoms with van der Waals surface area (Å²) in [6.45, 7) is 2.04. The Morgan fingerprint density at radius 1 is 1.28 bits per heavy atom. The molecule has 0 saturated heterocycles. The molecule has 0 aliphatic carbocycles. The molecule has 1 aliphatic heterocycles. The van der Waals surface area contributed by atoms with Crippen LogP contribution < -0.4 is 15.8 Å². The first-order valence-electron chi connectivity index (χ1n) is 9.59. The SMILES string of the molecule is CCn1c(SCC(=O)N2c3ccccc3NC(=O)CC2C(F)(F)F)nc2ccsc2c1=O. The van der Waals surface area contributed by atoms with Gasteiger partial charge in [-0.15, -0.1) is 11.3 Å². The van der Waals surface area contributed by atoms with E-state index in [-0.39, 0.29) is 22.1 Å². The maximum absolute atomic E-state index is 13.8. The number of anilines is 2. The van der Waals surface area contributed by atoms with Gasteiger partial charge in [0.2, 0.25) is 11.8 Å². The molecule has 2 amide bonds. The van der Waals surface area contributed by atoms with E-state index in [1.165, 1.54) is 34.1 Å². The van der Waals surface area contributed by atoms with Crippen molar-refractivity contribution >= 4 is 56.5 Å². The Balaban J connectivity index is 1.69. The molecular formula is C20H17F3N4O3S2. The number of benzene rings is 1. The normalized spacial score (nSPS) is 16.6. The number of thiophene rings is 1. The van der Waals surface area contributed by atoms with Crippen LogP contribution in [-0.4, -0.2) is 39.3 Å². The fourth-order valence-corrected chi connectivity index (χ4v) is 5.20. The predicted octanol–water partition coefficient (Wildman–Crippen LogP) is 3.88. The minimum absolute atomic E-state index is 0.0274. The van der Waals surface area contributed by atoms with Gasteiger partial charge in [-0.3, -0.25) is 23.9 Å². The molecule has 7 nitrogen and oxygen atoms in total. The summed E-state index contributed by atoms with van der Waals surface area (Å²) >= 11 is 2.15. The first-order chi connectivity index (χ1) is 15.2. The summed E-state index contributed by atoms with van der Waals surface area (Å²) in [5.74, 6) is -2.06. The second kappa shape index (κ2) is 8.58. The first-order valence-corrected chi connectivity index (χ1v) is 11.5. The van der Waals surface area contributed by atoms with Gasteiger partial charge in [-0.05, 0) is 30.5 Å². The third kappa shape index (κ3) is 4.11. The van der Waals surface area contributed by atoms with Crippen LogP contribution in [0, 0.1) is 0 Å². The Hall–Kier alpha value is -2.86. The van der Waals surface area contributed by atoms with Crippen LogP contribution in [0.25, 0.3) is 10.2 Å². The molecule has 12 heteroatoms. The molecule has 0 spiro atoms. The molecule has 3 heterocycles. The summed E-state index contributed by atoms with van der Waals surface area (Å²) in [7, 11) is 0. The predicted molar refractivity (Wildman–Crippen MR) is 117 cm³/mol. The van der Waals surface area contributed by atoms with Crippen molar-refractivity contribution in [2.75, 3.05) is 16.0 Å². The third-order valence-corrected chi connectivity index (χ3v) is 6.80. The van der Waals surface area contributed by atoms with E-state index in [1.54, 1.807) is 24.4 Å². The van der Waals surface area contributed by atoms with Crippen molar-refractivity contribution in [1.82, 2.24) is 9.55 Å². The number of rotatable bonds is 4. The van der Waals surface area contributed by atoms with Crippen molar-refractivity contribution in [1.29, 1.82) is 0 Å². The maximum atomic E-state index is 13.8. The standard InChI is InChI=1S/C20H17F3N4O3S2/c1-2-26-18(30)17-12(7-8-31-17)25-19(26)32-10-16(29)27-13-6-4-3-5-11(13)24-15(28)9-14(27)20(21,22)23/h3-8,14H,2,9-10H2,1H3,(H,24,28). The molecule has 0 fully saturated rings. The van der Waals surface area contributed by atoms with E-state index in [0.717, 1.165) is 11.8 Å². The molecular weight excluding hydrogens is 465 g/mol. The van der Waals surface area contributed by atoms with Crippen LogP contribution in [0.3, 0.4) is 0 Å². The minimum atomic E-state index is -4.81. The van der Waals surface area contributed by atoms with Crippen LogP contribution in [-0.2, 0) is 16.1 Å². The van der Waals surface area contributed by atoms with Gasteiger partial charge in [-0.2, -0.15) is 13.2 Å². The van der Waals surface area contributed by atoms with Crippen LogP contribution in [0.4, 0.5) is 24.5 Å². The first kappa shape index (κ1) is 22.3. The van der Waals surface area contributed by atoms with Crippen molar-refractivity contribution in [3.63, 3.8) is 0 Å². The van der Waals surface area contributed by atoms with Crippen molar-refractivity contribution in [2.24, 2.45) is 0 Å². The van der Waals surface area contributed by atoms with Crippen LogP contribution >= 0.6 is 23.1 Å². The number of hydrogen-bond donors (Lipinski definition) is 1. The molecule has 1 aliphatic rings. The van der Waals surface area contributed by atoms with Crippen LogP contribution in [0.5, 0.6) is 0 Å². The van der Waals surface area contributed by atoms with Gasteiger partial charge in [0.15, 0.2) is 5.16 Å². The Kier molecular flexibility index (Phi) is 5.99. The smallest absolute Gasteiger partial charge is 0.324 e. The number of nitrogens with one attached hydrogen (secondary N) is 1. The largest absolute Gasteiger partial charge is 0.409 e. The van der Waals surface area contributed by atoms with E-state index in [1.807, 2.05) is 0 Å². The number of thioether (sulfide) groups is 1. The lowest BCUT2D eigenvalue weighted by molar-refractivity contribution is -0.157. The third-order valence-electron chi connectivity index (χ3n) is 4.95. The molecule has 1 unspecified atom stereocenters. The van der Waals surface area contributed by atoms with Crippen molar-refractivity contribution in [2.45, 2.75) is 37.3 Å². The molecule has 168 valence electrons. The summed E-state index contributed by atoms with van der Waals surface area (Å²) in [4.78, 5) is 42.8. The second-order valence-electron chi connectivity index (χ2n) is 6.96. The number of fused-ring (bicyclic) bond motifs is 2. The van der Waals surface area contributed by atoms with Crippen molar-refractivity contribution < 1.29 is 22.8 Å². The molecule has 4 rings (SSSR count). The van der Waals surface area contributed by atoms with Crippen molar-refractivity contribution in [3.8, 4) is 0 Å². The second-order valence-corrected chi connectivity index (χ2v) is 8.82. The molecule has 0 bridgehead atoms. The van der Waals surface area contributed by atoms with E-state index in [9.17, 15) is 27.6 Å². The van der Waals surface area contributed by atoms with Gasteiger partial charge in [-0.1, -0.05) is 23.9 Å². The Morgan fingerprint density at radius 2 is 2.03 bits per heavy atom. The van der Waals surface area contributed by atoms with Crippen molar-refractivity contribution in [3.05, 3.63) is 46.1 Å². The number of alkyl halides is 3. The van der Waals surface area contributed by atoms with Crippen LogP contribution in [0.2, 0.25) is 0 Å². The summed E-state index contributed by atoms with van der Waals surface area (Å²) in [6, 6.07) is 5.23. The molecule has 0 radical (unpaired) electrons. The number of carbonyl (C=O) groups is 2. The van der Waals surface area contributed by atoms with E-state index in [0.29, 0.717) is 21.7 Å². The summed E-state index contributed by atoms with van der Waals surface area (Å²) in [6.07, 6.45) is -5.72. The topological polar surface area (TPSA) is 84.3 Å². The Morgan fingerprint density at radius 3 is 2.75 bits per heavy atom. The molecule has 1 atom stereocenters. The molecule has 2 aromatic heterocycles. The van der Waals surface area contributed by atoms with Crippen LogP contribution in [0.1, 0.15) is 13.3 Å². The highest BCUT2D eigenvalue weighted by Gasteiger charge is 2.48. The number of aromatic nitrogens is 2. The number of amides is 2. The Labute approximate surface area is 188 Å². The summed E-state index contributed by atoms with van der Waals surface area (Å²) in [5, 5.41) is 4.40. The van der Waals surface area contributed by atoms with Gasteiger partial charge < -0.3 is 5.32 Å². The number of nitrogens with zero attached hydrogens (tertiary/aromatic N) is 3. The van der Waals surface area contributed by atoms with E-state index >= 15 is 0 Å². The van der Waals surface area contributed by atoms with Crippen LogP contribution in [0.15, 0.2) is 45.7 Å². The summed E-state index contributed by atoms with van der Waals surface area (Å²) in [5.41, 5.74) is 0.319. The zero-order valence-corrected chi connectivity index (χ0v) is 18.3. The molecule has 32 heavy (non-hydrogen) atoms. The lowest BCUT2D eigenvalue weighted by Gasteiger charge is -2.31. The molecule has 1 aromatic carbocycles. The quantitative estimate of drug-likeness (QED) is 0.451. The van der Waals surface area contributed by atoms with Gasteiger partial charge in [0.1, 0.15) is 10.7 Å². The lowest BCUT2D eigenvalue weighted by Crippen LogP contribution is -2.50. The average Bonchev–Trinajstić information content (AvgIpc) is 3.15. The average molecular weight is 483 g/mol. The number of para-hydroxylation sites is 2.